The molecule has 4 aliphatic carbocycles. The maximum absolute atomic E-state index is 10.1. The third kappa shape index (κ3) is 0.837. The number of rotatable bonds is 2. The van der Waals surface area contributed by atoms with E-state index in [9.17, 15) is 5.11 Å². The highest BCUT2D eigenvalue weighted by atomic mass is 16.3. The molecule has 4 fully saturated rings. The van der Waals surface area contributed by atoms with Crippen LogP contribution in [0, 0.1) is 33.5 Å². The molecule has 0 saturated heterocycles. The minimum atomic E-state index is 0.185. The molecule has 0 aromatic carbocycles. The normalized spacial score (nSPS) is 64.6. The second-order valence-corrected chi connectivity index (χ2v) is 7.88. The van der Waals surface area contributed by atoms with E-state index in [1.807, 2.05) is 0 Å². The third-order valence-electron chi connectivity index (χ3n) is 8.24. The number of hydrogen-bond acceptors (Lipinski definition) is 1. The summed E-state index contributed by atoms with van der Waals surface area (Å²) in [6.07, 6.45) is 5.33. The molecule has 1 N–H and O–H groups in total. The van der Waals surface area contributed by atoms with Crippen LogP contribution in [-0.2, 0) is 0 Å². The molecule has 2 bridgehead atoms. The Bertz CT molecular complexity index is 355. The Balaban J connectivity index is 2.16. The molecule has 0 heterocycles. The zero-order valence-corrected chi connectivity index (χ0v) is 12.1. The number of aliphatic hydroxyl groups is 1. The Morgan fingerprint density at radius 3 is 2.18 bits per heavy atom. The first-order chi connectivity index (χ1) is 7.83. The van der Waals surface area contributed by atoms with E-state index in [4.69, 9.17) is 0 Å². The molecule has 0 aromatic heterocycles. The van der Waals surface area contributed by atoms with Gasteiger partial charge in [0.15, 0.2) is 0 Å². The van der Waals surface area contributed by atoms with Crippen LogP contribution in [0.15, 0.2) is 0 Å². The van der Waals surface area contributed by atoms with Crippen LogP contribution in [-0.4, -0.2) is 11.7 Å². The zero-order valence-electron chi connectivity index (χ0n) is 12.1. The van der Waals surface area contributed by atoms with Crippen molar-refractivity contribution in [3.63, 3.8) is 0 Å². The highest BCUT2D eigenvalue weighted by Crippen LogP contribution is 2.90. The minimum absolute atomic E-state index is 0.185. The fourth-order valence-electron chi connectivity index (χ4n) is 7.17. The molecular formula is C16H28O. The van der Waals surface area contributed by atoms with Gasteiger partial charge in [-0.05, 0) is 53.8 Å². The molecule has 0 aromatic rings. The van der Waals surface area contributed by atoms with Crippen molar-refractivity contribution in [3.8, 4) is 0 Å². The quantitative estimate of drug-likeness (QED) is 0.772. The van der Waals surface area contributed by atoms with Gasteiger partial charge in [0.05, 0.1) is 0 Å². The second kappa shape index (κ2) is 2.92. The van der Waals surface area contributed by atoms with Crippen LogP contribution in [0.1, 0.15) is 60.3 Å². The Kier molecular flexibility index (Phi) is 2.07. The van der Waals surface area contributed by atoms with Crippen LogP contribution in [0.25, 0.3) is 0 Å². The van der Waals surface area contributed by atoms with Crippen molar-refractivity contribution in [1.29, 1.82) is 0 Å². The van der Waals surface area contributed by atoms with E-state index in [1.165, 1.54) is 19.3 Å². The van der Waals surface area contributed by atoms with Crippen LogP contribution < -0.4 is 0 Å². The van der Waals surface area contributed by atoms with Crippen LogP contribution in [0.2, 0.25) is 0 Å². The van der Waals surface area contributed by atoms with Crippen molar-refractivity contribution < 1.29 is 5.11 Å². The monoisotopic (exact) mass is 236 g/mol. The summed E-state index contributed by atoms with van der Waals surface area (Å²) in [5.41, 5.74) is 1.62. The van der Waals surface area contributed by atoms with Gasteiger partial charge in [0.25, 0.3) is 0 Å². The van der Waals surface area contributed by atoms with Crippen molar-refractivity contribution in [2.24, 2.45) is 33.5 Å². The maximum atomic E-state index is 10.1. The van der Waals surface area contributed by atoms with Gasteiger partial charge < -0.3 is 5.11 Å². The highest BCUT2D eigenvalue weighted by Gasteiger charge is 2.84. The van der Waals surface area contributed by atoms with E-state index >= 15 is 0 Å². The summed E-state index contributed by atoms with van der Waals surface area (Å²) in [4.78, 5) is 0. The zero-order chi connectivity index (χ0) is 12.7. The van der Waals surface area contributed by atoms with Crippen LogP contribution in [0.3, 0.4) is 0 Å². The molecule has 1 nitrogen and oxygen atoms in total. The summed E-state index contributed by atoms with van der Waals surface area (Å²) in [5.74, 6) is 1.54. The van der Waals surface area contributed by atoms with E-state index in [-0.39, 0.29) is 5.41 Å². The first kappa shape index (κ1) is 12.0. The number of hydrogen-bond donors (Lipinski definition) is 1. The van der Waals surface area contributed by atoms with Crippen molar-refractivity contribution >= 4 is 0 Å². The minimum Gasteiger partial charge on any atom is -0.396 e. The molecular weight excluding hydrogens is 208 g/mol. The van der Waals surface area contributed by atoms with Gasteiger partial charge in [-0.1, -0.05) is 34.6 Å². The molecule has 4 saturated carbocycles. The summed E-state index contributed by atoms with van der Waals surface area (Å²) < 4.78 is 0. The Labute approximate surface area is 106 Å². The number of aliphatic hydroxyl groups excluding tert-OH is 1. The molecule has 4 aliphatic rings. The van der Waals surface area contributed by atoms with Gasteiger partial charge in [-0.25, -0.2) is 0 Å². The van der Waals surface area contributed by atoms with Crippen LogP contribution in [0.5, 0.6) is 0 Å². The Hall–Kier alpha value is -0.0400. The largest absolute Gasteiger partial charge is 0.396 e. The molecule has 0 amide bonds. The Morgan fingerprint density at radius 1 is 1.12 bits per heavy atom. The molecule has 6 atom stereocenters. The van der Waals surface area contributed by atoms with E-state index in [0.717, 1.165) is 12.3 Å². The van der Waals surface area contributed by atoms with Gasteiger partial charge in [0.2, 0.25) is 0 Å². The Morgan fingerprint density at radius 2 is 1.71 bits per heavy atom. The highest BCUT2D eigenvalue weighted by molar-refractivity contribution is 5.32. The summed E-state index contributed by atoms with van der Waals surface area (Å²) in [7, 11) is 0. The van der Waals surface area contributed by atoms with Gasteiger partial charge in [-0.15, -0.1) is 0 Å². The van der Waals surface area contributed by atoms with Crippen molar-refractivity contribution in [3.05, 3.63) is 0 Å². The average molecular weight is 236 g/mol. The molecule has 6 unspecified atom stereocenters. The predicted molar refractivity (Wildman–Crippen MR) is 70.6 cm³/mol. The van der Waals surface area contributed by atoms with Gasteiger partial charge in [-0.2, -0.15) is 0 Å². The molecule has 17 heavy (non-hydrogen) atoms. The van der Waals surface area contributed by atoms with Crippen molar-refractivity contribution in [2.75, 3.05) is 6.61 Å². The first-order valence-electron chi connectivity index (χ1n) is 7.44. The van der Waals surface area contributed by atoms with Crippen LogP contribution in [0.4, 0.5) is 0 Å². The SMILES string of the molecule is CCC1(CO)C(C)CC23CC(C)C(C)(C2)C31C. The average Bonchev–Trinajstić information content (AvgIpc) is 2.69. The molecule has 1 heteroatoms. The fraction of sp³-hybridized carbons (Fsp3) is 1.00. The molecule has 0 radical (unpaired) electrons. The van der Waals surface area contributed by atoms with Gasteiger partial charge in [0, 0.05) is 12.0 Å². The lowest BCUT2D eigenvalue weighted by Crippen LogP contribution is -2.62. The molecule has 0 aliphatic heterocycles. The summed E-state index contributed by atoms with van der Waals surface area (Å²) in [6.45, 7) is 12.5. The van der Waals surface area contributed by atoms with Crippen molar-refractivity contribution in [1.82, 2.24) is 0 Å². The van der Waals surface area contributed by atoms with E-state index < -0.39 is 0 Å². The molecule has 98 valence electrons. The van der Waals surface area contributed by atoms with E-state index in [1.54, 1.807) is 0 Å². The third-order valence-corrected chi connectivity index (χ3v) is 8.24. The summed E-state index contributed by atoms with van der Waals surface area (Å²) in [6, 6.07) is 0. The van der Waals surface area contributed by atoms with E-state index in [2.05, 4.69) is 34.6 Å². The second-order valence-electron chi connectivity index (χ2n) is 7.88. The van der Waals surface area contributed by atoms with Gasteiger partial charge >= 0.3 is 0 Å². The summed E-state index contributed by atoms with van der Waals surface area (Å²) in [5, 5.41) is 10.1. The lowest BCUT2D eigenvalue weighted by molar-refractivity contribution is -0.204. The van der Waals surface area contributed by atoms with Crippen molar-refractivity contribution in [2.45, 2.75) is 60.3 Å². The first-order valence-corrected chi connectivity index (χ1v) is 7.44. The summed E-state index contributed by atoms with van der Waals surface area (Å²) >= 11 is 0. The van der Waals surface area contributed by atoms with Gasteiger partial charge in [-0.3, -0.25) is 0 Å². The van der Waals surface area contributed by atoms with Crippen LogP contribution >= 0.6 is 0 Å². The molecule has 4 rings (SSSR count). The number of fused-ring (bicyclic) bond motifs is 1. The smallest absolute Gasteiger partial charge is 0.0495 e. The lowest BCUT2D eigenvalue weighted by atomic mass is 9.37. The lowest BCUT2D eigenvalue weighted by Gasteiger charge is -2.67. The maximum Gasteiger partial charge on any atom is 0.0495 e. The topological polar surface area (TPSA) is 20.2 Å². The van der Waals surface area contributed by atoms with E-state index in [0.29, 0.717) is 28.8 Å². The predicted octanol–water partition coefficient (Wildman–Crippen LogP) is 3.86. The van der Waals surface area contributed by atoms with Gasteiger partial charge in [0.1, 0.15) is 0 Å². The fourth-order valence-corrected chi connectivity index (χ4v) is 7.17. The standard InChI is InChI=1S/C16H28O/c1-6-16(10-17)12(3)8-15-7-11(2)13(4,9-15)14(15,16)5/h11-12,17H,6-10H2,1-5H3. The molecule has 1 spiro atoms.